The fraction of sp³-hybridized carbons (Fsp3) is 0.500. The van der Waals surface area contributed by atoms with Crippen LogP contribution in [-0.4, -0.2) is 24.8 Å². The van der Waals surface area contributed by atoms with Crippen LogP contribution in [0.1, 0.15) is 19.4 Å². The van der Waals surface area contributed by atoms with Crippen molar-refractivity contribution in [2.24, 2.45) is 0 Å². The van der Waals surface area contributed by atoms with Crippen LogP contribution in [0.2, 0.25) is 0 Å². The summed E-state index contributed by atoms with van der Waals surface area (Å²) in [5, 5.41) is 12.0. The molecule has 0 bridgehead atoms. The topological polar surface area (TPSA) is 32.3 Å². The molecule has 0 aliphatic heterocycles. The minimum absolute atomic E-state index is 0.174. The van der Waals surface area contributed by atoms with Crippen LogP contribution in [-0.2, 0) is 6.42 Å². The van der Waals surface area contributed by atoms with E-state index in [1.165, 1.54) is 5.56 Å². The summed E-state index contributed by atoms with van der Waals surface area (Å²) in [6, 6.07) is 10.3. The summed E-state index contributed by atoms with van der Waals surface area (Å²) in [7, 11) is 1.86. The number of rotatable bonds is 4. The van der Waals surface area contributed by atoms with E-state index in [1.807, 2.05) is 39.1 Å². The monoisotopic (exact) mass is 195 g/mol. The van der Waals surface area contributed by atoms with Crippen molar-refractivity contribution in [2.75, 3.05) is 13.7 Å². The van der Waals surface area contributed by atoms with Crippen LogP contribution < -0.4 is 5.32 Å². The molecule has 0 aliphatic rings. The maximum Gasteiger partial charge on any atom is 0.0587 e. The Kier molecular flexibility index (Phi) is 8.19. The molecule has 0 aliphatic carbocycles. The second-order valence-electron chi connectivity index (χ2n) is 2.86. The Morgan fingerprint density at radius 2 is 1.79 bits per heavy atom. The summed E-state index contributed by atoms with van der Waals surface area (Å²) in [5.41, 5.74) is 1.26. The molecule has 0 spiro atoms. The van der Waals surface area contributed by atoms with Crippen molar-refractivity contribution in [2.45, 2.75) is 26.3 Å². The van der Waals surface area contributed by atoms with Gasteiger partial charge in [-0.3, -0.25) is 0 Å². The largest absolute Gasteiger partial charge is 0.395 e. The second kappa shape index (κ2) is 8.73. The molecule has 0 radical (unpaired) electrons. The highest BCUT2D eigenvalue weighted by Gasteiger charge is 2.03. The lowest BCUT2D eigenvalue weighted by Gasteiger charge is -2.12. The van der Waals surface area contributed by atoms with Crippen LogP contribution in [0.4, 0.5) is 0 Å². The van der Waals surface area contributed by atoms with Gasteiger partial charge in [0, 0.05) is 6.04 Å². The molecule has 14 heavy (non-hydrogen) atoms. The number of likely N-dealkylation sites (N-methyl/N-ethyl adjacent to an activating group) is 1. The molecule has 0 amide bonds. The minimum atomic E-state index is 0.174. The third kappa shape index (κ3) is 5.00. The zero-order valence-electron chi connectivity index (χ0n) is 9.33. The van der Waals surface area contributed by atoms with Crippen LogP contribution >= 0.6 is 0 Å². The quantitative estimate of drug-likeness (QED) is 0.768. The molecule has 2 heteroatoms. The van der Waals surface area contributed by atoms with Gasteiger partial charge in [0.1, 0.15) is 0 Å². The lowest BCUT2D eigenvalue weighted by molar-refractivity contribution is 0.248. The Hall–Kier alpha value is -0.860. The molecule has 1 rings (SSSR count). The standard InChI is InChI=1S/C10H15NO.C2H6/c1-11-10(8-12)7-9-5-3-2-4-6-9;1-2/h2-6,10-12H,7-8H2,1H3;1-2H3/t10-;/m0./s1. The Balaban J connectivity index is 0.000000791. The first-order valence-corrected chi connectivity index (χ1v) is 5.19. The highest BCUT2D eigenvalue weighted by molar-refractivity contribution is 5.15. The molecule has 1 aromatic carbocycles. The van der Waals surface area contributed by atoms with Gasteiger partial charge in [0.15, 0.2) is 0 Å². The number of aliphatic hydroxyl groups excluding tert-OH is 1. The highest BCUT2D eigenvalue weighted by atomic mass is 16.3. The van der Waals surface area contributed by atoms with Gasteiger partial charge in [-0.2, -0.15) is 0 Å². The van der Waals surface area contributed by atoms with Gasteiger partial charge in [-0.1, -0.05) is 44.2 Å². The fourth-order valence-electron chi connectivity index (χ4n) is 1.16. The van der Waals surface area contributed by atoms with Gasteiger partial charge >= 0.3 is 0 Å². The summed E-state index contributed by atoms with van der Waals surface area (Å²) >= 11 is 0. The first-order valence-electron chi connectivity index (χ1n) is 5.19. The summed E-state index contributed by atoms with van der Waals surface area (Å²) in [6.07, 6.45) is 0.883. The minimum Gasteiger partial charge on any atom is -0.395 e. The number of nitrogens with one attached hydrogen (secondary N) is 1. The van der Waals surface area contributed by atoms with Crippen LogP contribution in [0, 0.1) is 0 Å². The van der Waals surface area contributed by atoms with Crippen molar-refractivity contribution in [3.8, 4) is 0 Å². The molecule has 0 fully saturated rings. The Labute approximate surface area is 87.0 Å². The summed E-state index contributed by atoms with van der Waals surface area (Å²) in [4.78, 5) is 0. The zero-order valence-corrected chi connectivity index (χ0v) is 9.33. The third-order valence-corrected chi connectivity index (χ3v) is 1.95. The summed E-state index contributed by atoms with van der Waals surface area (Å²) in [6.45, 7) is 4.19. The van der Waals surface area contributed by atoms with Gasteiger partial charge in [0.25, 0.3) is 0 Å². The molecule has 0 aromatic heterocycles. The molecule has 0 saturated heterocycles. The Morgan fingerprint density at radius 3 is 2.21 bits per heavy atom. The van der Waals surface area contributed by atoms with E-state index in [2.05, 4.69) is 17.4 Å². The van der Waals surface area contributed by atoms with Crippen molar-refractivity contribution in [1.29, 1.82) is 0 Å². The second-order valence-corrected chi connectivity index (χ2v) is 2.86. The molecular formula is C12H21NO. The van der Waals surface area contributed by atoms with E-state index >= 15 is 0 Å². The van der Waals surface area contributed by atoms with Crippen LogP contribution in [0.15, 0.2) is 30.3 Å². The normalized spacial score (nSPS) is 11.4. The molecule has 0 saturated carbocycles. The van der Waals surface area contributed by atoms with Crippen LogP contribution in [0.25, 0.3) is 0 Å². The summed E-state index contributed by atoms with van der Waals surface area (Å²) in [5.74, 6) is 0. The maximum atomic E-state index is 8.92. The van der Waals surface area contributed by atoms with Crippen molar-refractivity contribution < 1.29 is 5.11 Å². The maximum absolute atomic E-state index is 8.92. The highest BCUT2D eigenvalue weighted by Crippen LogP contribution is 2.01. The van der Waals surface area contributed by atoms with Crippen molar-refractivity contribution in [3.05, 3.63) is 35.9 Å². The molecule has 80 valence electrons. The van der Waals surface area contributed by atoms with Crippen LogP contribution in [0.5, 0.6) is 0 Å². The number of hydrogen-bond acceptors (Lipinski definition) is 2. The van der Waals surface area contributed by atoms with E-state index in [9.17, 15) is 0 Å². The molecule has 1 aromatic rings. The summed E-state index contributed by atoms with van der Waals surface area (Å²) < 4.78 is 0. The SMILES string of the molecule is CC.CN[C@H](CO)Cc1ccccc1. The van der Waals surface area contributed by atoms with E-state index in [1.54, 1.807) is 0 Å². The van der Waals surface area contributed by atoms with E-state index in [-0.39, 0.29) is 12.6 Å². The number of aliphatic hydroxyl groups is 1. The smallest absolute Gasteiger partial charge is 0.0587 e. The van der Waals surface area contributed by atoms with Gasteiger partial charge in [-0.25, -0.2) is 0 Å². The lowest BCUT2D eigenvalue weighted by Crippen LogP contribution is -2.31. The molecule has 2 N–H and O–H groups in total. The molecule has 1 atom stereocenters. The van der Waals surface area contributed by atoms with Gasteiger partial charge in [-0.15, -0.1) is 0 Å². The Bertz CT molecular complexity index is 207. The van der Waals surface area contributed by atoms with Crippen LogP contribution in [0.3, 0.4) is 0 Å². The number of benzene rings is 1. The number of hydrogen-bond donors (Lipinski definition) is 2. The van der Waals surface area contributed by atoms with E-state index < -0.39 is 0 Å². The average molecular weight is 195 g/mol. The Morgan fingerprint density at radius 1 is 1.21 bits per heavy atom. The first kappa shape index (κ1) is 13.1. The van der Waals surface area contributed by atoms with Gasteiger partial charge in [0.05, 0.1) is 6.61 Å². The van der Waals surface area contributed by atoms with Crippen molar-refractivity contribution >= 4 is 0 Å². The average Bonchev–Trinajstić information content (AvgIpc) is 2.30. The van der Waals surface area contributed by atoms with E-state index in [4.69, 9.17) is 5.11 Å². The van der Waals surface area contributed by atoms with E-state index in [0.29, 0.717) is 0 Å². The molecule has 0 heterocycles. The fourth-order valence-corrected chi connectivity index (χ4v) is 1.16. The van der Waals surface area contributed by atoms with Gasteiger partial charge in [0.2, 0.25) is 0 Å². The predicted octanol–water partition coefficient (Wildman–Crippen LogP) is 1.84. The van der Waals surface area contributed by atoms with Gasteiger partial charge < -0.3 is 10.4 Å². The van der Waals surface area contributed by atoms with Crippen molar-refractivity contribution in [3.63, 3.8) is 0 Å². The predicted molar refractivity (Wildman–Crippen MR) is 61.4 cm³/mol. The molecule has 0 unspecified atom stereocenters. The third-order valence-electron chi connectivity index (χ3n) is 1.95. The first-order chi connectivity index (χ1) is 6.86. The molecule has 2 nitrogen and oxygen atoms in total. The van der Waals surface area contributed by atoms with Crippen molar-refractivity contribution in [1.82, 2.24) is 5.32 Å². The zero-order chi connectivity index (χ0) is 10.8. The van der Waals surface area contributed by atoms with Gasteiger partial charge in [-0.05, 0) is 19.0 Å². The lowest BCUT2D eigenvalue weighted by atomic mass is 10.1. The molecular weight excluding hydrogens is 174 g/mol. The van der Waals surface area contributed by atoms with E-state index in [0.717, 1.165) is 6.42 Å².